The third kappa shape index (κ3) is 3.50. The molecule has 1 aliphatic rings. The fourth-order valence-electron chi connectivity index (χ4n) is 2.14. The van der Waals surface area contributed by atoms with Crippen LogP contribution in [0.5, 0.6) is 5.75 Å². The van der Waals surface area contributed by atoms with Crippen molar-refractivity contribution in [2.24, 2.45) is 0 Å². The lowest BCUT2D eigenvalue weighted by Crippen LogP contribution is -2.51. The number of anilines is 1. The summed E-state index contributed by atoms with van der Waals surface area (Å²) < 4.78 is 0. The first kappa shape index (κ1) is 14.8. The van der Waals surface area contributed by atoms with E-state index in [2.05, 4.69) is 5.32 Å². The first-order chi connectivity index (χ1) is 10.0. The van der Waals surface area contributed by atoms with E-state index in [4.69, 9.17) is 0 Å². The van der Waals surface area contributed by atoms with Crippen molar-refractivity contribution in [3.8, 4) is 5.75 Å². The van der Waals surface area contributed by atoms with Crippen LogP contribution in [-0.4, -0.2) is 59.3 Å². The highest BCUT2D eigenvalue weighted by Gasteiger charge is 2.25. The summed E-state index contributed by atoms with van der Waals surface area (Å²) in [5.41, 5.74) is 1.15. The van der Waals surface area contributed by atoms with Crippen LogP contribution in [0.25, 0.3) is 0 Å². The summed E-state index contributed by atoms with van der Waals surface area (Å²) in [6.45, 7) is 3.28. The Morgan fingerprint density at radius 3 is 2.48 bits per heavy atom. The Morgan fingerprint density at radius 2 is 1.90 bits per heavy atom. The summed E-state index contributed by atoms with van der Waals surface area (Å²) >= 11 is 0. The number of carbonyl (C=O) groups excluding carboxylic acids is 3. The molecule has 0 bridgehead atoms. The number of hydrogen-bond donors (Lipinski definition) is 2. The van der Waals surface area contributed by atoms with Crippen LogP contribution in [0.4, 0.5) is 5.69 Å². The van der Waals surface area contributed by atoms with Gasteiger partial charge in [-0.3, -0.25) is 14.4 Å². The first-order valence-corrected chi connectivity index (χ1v) is 6.60. The molecule has 2 N–H and O–H groups in total. The molecule has 2 rings (SSSR count). The van der Waals surface area contributed by atoms with E-state index < -0.39 is 11.8 Å². The fraction of sp³-hybridized carbons (Fsp3) is 0.357. The van der Waals surface area contributed by atoms with E-state index in [0.717, 1.165) is 6.41 Å². The molecule has 112 valence electrons. The predicted octanol–water partition coefficient (Wildman–Crippen LogP) is -0.0603. The van der Waals surface area contributed by atoms with Gasteiger partial charge in [0.15, 0.2) is 0 Å². The van der Waals surface area contributed by atoms with E-state index in [0.29, 0.717) is 37.4 Å². The molecule has 1 fully saturated rings. The summed E-state index contributed by atoms with van der Waals surface area (Å²) in [4.78, 5) is 37.6. The smallest absolute Gasteiger partial charge is 0.313 e. The van der Waals surface area contributed by atoms with Crippen LogP contribution in [0.15, 0.2) is 18.2 Å². The average Bonchev–Trinajstić information content (AvgIpc) is 2.49. The summed E-state index contributed by atoms with van der Waals surface area (Å²) in [6, 6.07) is 4.49. The molecule has 0 radical (unpaired) electrons. The molecule has 0 atom stereocenters. The number of piperazine rings is 1. The van der Waals surface area contributed by atoms with Gasteiger partial charge in [-0.2, -0.15) is 0 Å². The van der Waals surface area contributed by atoms with Crippen LogP contribution >= 0.6 is 0 Å². The zero-order valence-corrected chi connectivity index (χ0v) is 11.7. The molecule has 1 aliphatic heterocycles. The molecule has 7 nitrogen and oxygen atoms in total. The topological polar surface area (TPSA) is 89.9 Å². The van der Waals surface area contributed by atoms with E-state index in [9.17, 15) is 19.5 Å². The van der Waals surface area contributed by atoms with E-state index >= 15 is 0 Å². The Labute approximate surface area is 122 Å². The molecule has 0 saturated carbocycles. The first-order valence-electron chi connectivity index (χ1n) is 6.60. The Hall–Kier alpha value is -2.57. The predicted molar refractivity (Wildman–Crippen MR) is 75.7 cm³/mol. The third-order valence-corrected chi connectivity index (χ3v) is 3.40. The van der Waals surface area contributed by atoms with E-state index in [-0.39, 0.29) is 5.75 Å². The highest BCUT2D eigenvalue weighted by Crippen LogP contribution is 2.20. The number of benzene rings is 1. The standard InChI is InChI=1S/C14H17N3O4/c1-10-8-11(19)2-3-12(10)15-13(20)14(21)17-6-4-16(9-18)5-7-17/h2-3,8-9,19H,4-7H2,1H3,(H,15,20). The van der Waals surface area contributed by atoms with Crippen molar-refractivity contribution >= 4 is 23.9 Å². The van der Waals surface area contributed by atoms with Crippen molar-refractivity contribution in [2.45, 2.75) is 6.92 Å². The number of nitrogens with one attached hydrogen (secondary N) is 1. The maximum Gasteiger partial charge on any atom is 0.313 e. The van der Waals surface area contributed by atoms with E-state index in [1.807, 2.05) is 0 Å². The number of nitrogens with zero attached hydrogens (tertiary/aromatic N) is 2. The summed E-state index contributed by atoms with van der Waals surface area (Å²) in [5.74, 6) is -1.24. The molecule has 0 aromatic heterocycles. The quantitative estimate of drug-likeness (QED) is 0.454. The van der Waals surface area contributed by atoms with Crippen LogP contribution in [0.1, 0.15) is 5.56 Å². The van der Waals surface area contributed by atoms with Crippen molar-refractivity contribution in [1.82, 2.24) is 9.80 Å². The van der Waals surface area contributed by atoms with Gasteiger partial charge in [0, 0.05) is 31.9 Å². The Kier molecular flexibility index (Phi) is 4.42. The second-order valence-electron chi connectivity index (χ2n) is 4.89. The zero-order valence-electron chi connectivity index (χ0n) is 11.7. The van der Waals surface area contributed by atoms with Gasteiger partial charge in [0.25, 0.3) is 0 Å². The average molecular weight is 291 g/mol. The maximum atomic E-state index is 12.0. The number of carbonyl (C=O) groups is 3. The molecule has 0 aliphatic carbocycles. The second kappa shape index (κ2) is 6.25. The highest BCUT2D eigenvalue weighted by atomic mass is 16.3. The molecule has 7 heteroatoms. The normalized spacial score (nSPS) is 14.7. The molecule has 1 aromatic rings. The van der Waals surface area contributed by atoms with Crippen LogP contribution in [0, 0.1) is 6.92 Å². The SMILES string of the molecule is Cc1cc(O)ccc1NC(=O)C(=O)N1CCN(C=O)CC1. The Balaban J connectivity index is 1.97. The summed E-state index contributed by atoms with van der Waals surface area (Å²) in [5, 5.41) is 11.8. The number of phenolic OH excluding ortho intramolecular Hbond substituents is 1. The number of aromatic hydroxyl groups is 1. The van der Waals surface area contributed by atoms with Crippen molar-refractivity contribution in [3.05, 3.63) is 23.8 Å². The van der Waals surface area contributed by atoms with Gasteiger partial charge in [-0.1, -0.05) is 0 Å². The Morgan fingerprint density at radius 1 is 1.24 bits per heavy atom. The van der Waals surface area contributed by atoms with Gasteiger partial charge in [-0.05, 0) is 30.7 Å². The minimum atomic E-state index is -0.719. The molecule has 1 heterocycles. The summed E-state index contributed by atoms with van der Waals surface area (Å²) in [6.07, 6.45) is 0.738. The Bertz CT molecular complexity index is 565. The minimum absolute atomic E-state index is 0.0989. The molecular formula is C14H17N3O4. The summed E-state index contributed by atoms with van der Waals surface area (Å²) in [7, 11) is 0. The number of phenols is 1. The molecule has 1 aromatic carbocycles. The second-order valence-corrected chi connectivity index (χ2v) is 4.89. The molecule has 3 amide bonds. The van der Waals surface area contributed by atoms with Gasteiger partial charge in [-0.25, -0.2) is 0 Å². The maximum absolute atomic E-state index is 12.0. The zero-order chi connectivity index (χ0) is 15.4. The van der Waals surface area contributed by atoms with Crippen molar-refractivity contribution in [2.75, 3.05) is 31.5 Å². The monoisotopic (exact) mass is 291 g/mol. The van der Waals surface area contributed by atoms with Crippen molar-refractivity contribution in [1.29, 1.82) is 0 Å². The van der Waals surface area contributed by atoms with Gasteiger partial charge in [0.05, 0.1) is 0 Å². The van der Waals surface area contributed by atoms with Gasteiger partial charge >= 0.3 is 11.8 Å². The van der Waals surface area contributed by atoms with Crippen LogP contribution in [-0.2, 0) is 14.4 Å². The van der Waals surface area contributed by atoms with E-state index in [1.54, 1.807) is 17.9 Å². The number of rotatable bonds is 2. The lowest BCUT2D eigenvalue weighted by molar-refractivity contribution is -0.144. The van der Waals surface area contributed by atoms with Gasteiger partial charge in [-0.15, -0.1) is 0 Å². The molecular weight excluding hydrogens is 274 g/mol. The minimum Gasteiger partial charge on any atom is -0.508 e. The van der Waals surface area contributed by atoms with Crippen LogP contribution in [0.3, 0.4) is 0 Å². The fourth-order valence-corrected chi connectivity index (χ4v) is 2.14. The van der Waals surface area contributed by atoms with Crippen molar-refractivity contribution in [3.63, 3.8) is 0 Å². The van der Waals surface area contributed by atoms with Crippen LogP contribution in [0.2, 0.25) is 0 Å². The number of aryl methyl sites for hydroxylation is 1. The van der Waals surface area contributed by atoms with Gasteiger partial charge in [0.1, 0.15) is 5.75 Å². The third-order valence-electron chi connectivity index (χ3n) is 3.40. The lowest BCUT2D eigenvalue weighted by Gasteiger charge is -2.32. The largest absolute Gasteiger partial charge is 0.508 e. The molecule has 21 heavy (non-hydrogen) atoms. The lowest BCUT2D eigenvalue weighted by atomic mass is 10.2. The molecule has 0 unspecified atom stereocenters. The molecule has 0 spiro atoms. The van der Waals surface area contributed by atoms with E-state index in [1.165, 1.54) is 17.0 Å². The van der Waals surface area contributed by atoms with Crippen LogP contribution < -0.4 is 5.32 Å². The van der Waals surface area contributed by atoms with Gasteiger partial charge < -0.3 is 20.2 Å². The highest BCUT2D eigenvalue weighted by molar-refractivity contribution is 6.39. The van der Waals surface area contributed by atoms with Crippen molar-refractivity contribution < 1.29 is 19.5 Å². The molecule has 1 saturated heterocycles. The number of hydrogen-bond acceptors (Lipinski definition) is 4. The number of amides is 3. The van der Waals surface area contributed by atoms with Gasteiger partial charge in [0.2, 0.25) is 6.41 Å².